The maximum Gasteiger partial charge on any atom is 0.190 e. The summed E-state index contributed by atoms with van der Waals surface area (Å²) in [6.07, 6.45) is 0. The summed E-state index contributed by atoms with van der Waals surface area (Å²) in [6, 6.07) is 19.1. The zero-order chi connectivity index (χ0) is 19.9. The van der Waals surface area contributed by atoms with Gasteiger partial charge < -0.3 is 4.57 Å². The number of fused-ring (bicyclic) bond motifs is 1. The second-order valence-electron chi connectivity index (χ2n) is 7.01. The van der Waals surface area contributed by atoms with E-state index in [0.717, 1.165) is 39.1 Å². The summed E-state index contributed by atoms with van der Waals surface area (Å²) in [7, 11) is -3.61. The Morgan fingerprint density at radius 2 is 1.68 bits per heavy atom. The molecule has 0 radical (unpaired) electrons. The lowest BCUT2D eigenvalue weighted by molar-refractivity contribution is 0.589. The molecule has 0 amide bonds. The number of aryl methyl sites for hydroxylation is 2. The first-order valence-electron chi connectivity index (χ1n) is 9.36. The number of hydrogen-bond acceptors (Lipinski definition) is 3. The van der Waals surface area contributed by atoms with Crippen LogP contribution in [0, 0.1) is 13.8 Å². The quantitative estimate of drug-likeness (QED) is 0.411. The first kappa shape index (κ1) is 19.0. The van der Waals surface area contributed by atoms with E-state index in [1.165, 1.54) is 11.3 Å². The average molecular weight is 410 g/mol. The molecule has 28 heavy (non-hydrogen) atoms. The van der Waals surface area contributed by atoms with E-state index < -0.39 is 15.1 Å². The van der Waals surface area contributed by atoms with Crippen LogP contribution in [-0.4, -0.2) is 13.0 Å². The molecule has 0 bridgehead atoms. The molecule has 0 aliphatic carbocycles. The zero-order valence-corrected chi connectivity index (χ0v) is 17.8. The minimum absolute atomic E-state index is 0.365. The molecule has 144 valence electrons. The molecular formula is C23H23NO2S2. The molecular weight excluding hydrogens is 386 g/mol. The third kappa shape index (κ3) is 2.99. The van der Waals surface area contributed by atoms with Crippen LogP contribution in [0.3, 0.4) is 0 Å². The van der Waals surface area contributed by atoms with E-state index >= 15 is 0 Å². The number of aromatic nitrogens is 1. The highest BCUT2D eigenvalue weighted by Crippen LogP contribution is 2.43. The van der Waals surface area contributed by atoms with Gasteiger partial charge in [-0.05, 0) is 50.4 Å². The first-order chi connectivity index (χ1) is 13.4. The Balaban J connectivity index is 2.04. The number of nitrogens with zero attached hydrogens (tertiary/aromatic N) is 1. The lowest BCUT2D eigenvalue weighted by atomic mass is 10.1. The molecule has 5 heteroatoms. The number of benzene rings is 2. The van der Waals surface area contributed by atoms with Crippen LogP contribution in [-0.2, 0) is 16.4 Å². The van der Waals surface area contributed by atoms with Gasteiger partial charge in [0.05, 0.1) is 4.90 Å². The van der Waals surface area contributed by atoms with Gasteiger partial charge in [0, 0.05) is 33.6 Å². The zero-order valence-electron chi connectivity index (χ0n) is 16.2. The third-order valence-electron chi connectivity index (χ3n) is 5.32. The molecule has 0 aliphatic heterocycles. The third-order valence-corrected chi connectivity index (χ3v) is 8.45. The van der Waals surface area contributed by atoms with E-state index in [4.69, 9.17) is 0 Å². The summed E-state index contributed by atoms with van der Waals surface area (Å²) in [5.41, 5.74) is 4.03. The van der Waals surface area contributed by atoms with Crippen LogP contribution in [0.15, 0.2) is 70.9 Å². The van der Waals surface area contributed by atoms with Gasteiger partial charge in [0.2, 0.25) is 0 Å². The summed E-state index contributed by atoms with van der Waals surface area (Å²) >= 11 is 1.50. The Hall–Kier alpha value is -2.37. The van der Waals surface area contributed by atoms with Gasteiger partial charge in [-0.25, -0.2) is 8.42 Å². The highest BCUT2D eigenvalue weighted by Gasteiger charge is 2.35. The predicted octanol–water partition coefficient (Wildman–Crippen LogP) is 5.90. The van der Waals surface area contributed by atoms with Crippen LogP contribution in [0.2, 0.25) is 0 Å². The van der Waals surface area contributed by atoms with Crippen molar-refractivity contribution in [3.8, 4) is 0 Å². The largest absolute Gasteiger partial charge is 0.345 e. The summed E-state index contributed by atoms with van der Waals surface area (Å²) in [6.45, 7) is 6.89. The van der Waals surface area contributed by atoms with Crippen molar-refractivity contribution in [2.24, 2.45) is 0 Å². The Morgan fingerprint density at radius 1 is 0.964 bits per heavy atom. The molecule has 2 heterocycles. The van der Waals surface area contributed by atoms with Gasteiger partial charge in [-0.3, -0.25) is 0 Å². The van der Waals surface area contributed by atoms with E-state index in [0.29, 0.717) is 4.90 Å². The van der Waals surface area contributed by atoms with Crippen LogP contribution >= 0.6 is 11.3 Å². The van der Waals surface area contributed by atoms with Crippen molar-refractivity contribution in [1.29, 1.82) is 0 Å². The summed E-state index contributed by atoms with van der Waals surface area (Å²) in [4.78, 5) is 1.21. The molecule has 4 rings (SSSR count). The molecule has 1 atom stereocenters. The van der Waals surface area contributed by atoms with Crippen LogP contribution in [0.4, 0.5) is 0 Å². The normalized spacial score (nSPS) is 13.1. The second kappa shape index (κ2) is 7.22. The summed E-state index contributed by atoms with van der Waals surface area (Å²) in [5.74, 6) is 0. The van der Waals surface area contributed by atoms with E-state index in [9.17, 15) is 8.42 Å². The Morgan fingerprint density at radius 3 is 2.32 bits per heavy atom. The molecule has 3 nitrogen and oxygen atoms in total. The van der Waals surface area contributed by atoms with Crippen molar-refractivity contribution in [1.82, 2.24) is 4.57 Å². The van der Waals surface area contributed by atoms with E-state index in [1.54, 1.807) is 12.1 Å². The first-order valence-corrected chi connectivity index (χ1v) is 11.8. The van der Waals surface area contributed by atoms with Crippen molar-refractivity contribution in [2.45, 2.75) is 37.5 Å². The fourth-order valence-electron chi connectivity index (χ4n) is 3.95. The lowest BCUT2D eigenvalue weighted by Crippen LogP contribution is -2.15. The fourth-order valence-corrected chi connectivity index (χ4v) is 6.99. The van der Waals surface area contributed by atoms with Crippen molar-refractivity contribution in [3.05, 3.63) is 87.7 Å². The second-order valence-corrected chi connectivity index (χ2v) is 10.0. The van der Waals surface area contributed by atoms with Crippen molar-refractivity contribution in [3.63, 3.8) is 0 Å². The molecule has 0 saturated carbocycles. The number of sulfone groups is 1. The fraction of sp³-hybridized carbons (Fsp3) is 0.217. The molecule has 0 saturated heterocycles. The van der Waals surface area contributed by atoms with Crippen molar-refractivity contribution >= 4 is 32.1 Å². The van der Waals surface area contributed by atoms with Crippen LogP contribution in [0.25, 0.3) is 10.9 Å². The standard InChI is InChI=1S/C23H23NO2S2/c1-4-24-17(3)22(19-8-5-6-9-20(19)24)23(21-10-7-15-27-21)28(25,26)18-13-11-16(2)12-14-18/h5-15,23H,4H2,1-3H3. The number of thiophene rings is 1. The smallest absolute Gasteiger partial charge is 0.190 e. The molecule has 2 aromatic heterocycles. The summed E-state index contributed by atoms with van der Waals surface area (Å²) in [5, 5.41) is 2.24. The van der Waals surface area contributed by atoms with Crippen LogP contribution in [0.1, 0.15) is 33.9 Å². The minimum Gasteiger partial charge on any atom is -0.345 e. The van der Waals surface area contributed by atoms with E-state index in [-0.39, 0.29) is 0 Å². The van der Waals surface area contributed by atoms with Crippen molar-refractivity contribution in [2.75, 3.05) is 0 Å². The van der Waals surface area contributed by atoms with Gasteiger partial charge in [0.1, 0.15) is 5.25 Å². The maximum absolute atomic E-state index is 13.8. The van der Waals surface area contributed by atoms with Crippen LogP contribution in [0.5, 0.6) is 0 Å². The maximum atomic E-state index is 13.8. The topological polar surface area (TPSA) is 39.1 Å². The van der Waals surface area contributed by atoms with Gasteiger partial charge in [0.25, 0.3) is 0 Å². The van der Waals surface area contributed by atoms with E-state index in [2.05, 4.69) is 17.6 Å². The monoisotopic (exact) mass is 409 g/mol. The van der Waals surface area contributed by atoms with Gasteiger partial charge in [0.15, 0.2) is 9.84 Å². The average Bonchev–Trinajstić information content (AvgIpc) is 3.29. The minimum atomic E-state index is -3.61. The highest BCUT2D eigenvalue weighted by molar-refractivity contribution is 7.92. The molecule has 0 spiro atoms. The van der Waals surface area contributed by atoms with Crippen LogP contribution < -0.4 is 0 Å². The number of para-hydroxylation sites is 1. The number of hydrogen-bond donors (Lipinski definition) is 0. The van der Waals surface area contributed by atoms with Gasteiger partial charge in [-0.2, -0.15) is 0 Å². The van der Waals surface area contributed by atoms with Gasteiger partial charge in [-0.1, -0.05) is 42.0 Å². The number of rotatable bonds is 5. The van der Waals surface area contributed by atoms with Gasteiger partial charge in [-0.15, -0.1) is 11.3 Å². The molecule has 1 unspecified atom stereocenters. The molecule has 2 aromatic carbocycles. The predicted molar refractivity (Wildman–Crippen MR) is 117 cm³/mol. The van der Waals surface area contributed by atoms with Crippen molar-refractivity contribution < 1.29 is 8.42 Å². The molecule has 0 fully saturated rings. The molecule has 4 aromatic rings. The van der Waals surface area contributed by atoms with Gasteiger partial charge >= 0.3 is 0 Å². The molecule has 0 N–H and O–H groups in total. The molecule has 0 aliphatic rings. The highest BCUT2D eigenvalue weighted by atomic mass is 32.2. The Labute approximate surface area is 170 Å². The Bertz CT molecular complexity index is 1220. The summed E-state index contributed by atoms with van der Waals surface area (Å²) < 4.78 is 29.9. The lowest BCUT2D eigenvalue weighted by Gasteiger charge is -2.18. The van der Waals surface area contributed by atoms with E-state index in [1.807, 2.05) is 61.7 Å². The SMILES string of the molecule is CCn1c(C)c(C(c2cccs2)S(=O)(=O)c2ccc(C)cc2)c2ccccc21. The Kier molecular flexibility index (Phi) is 4.89.